The number of nitrogens with one attached hydrogen (secondary N) is 1. The Morgan fingerprint density at radius 3 is 2.90 bits per heavy atom. The van der Waals surface area contributed by atoms with Gasteiger partial charge in [-0.2, -0.15) is 0 Å². The maximum atomic E-state index is 4.76. The Kier molecular flexibility index (Phi) is 5.54. The van der Waals surface area contributed by atoms with E-state index < -0.39 is 0 Å². The first-order valence-electron chi connectivity index (χ1n) is 6.77. The van der Waals surface area contributed by atoms with E-state index in [4.69, 9.17) is 4.98 Å². The van der Waals surface area contributed by atoms with Crippen LogP contribution in [0.15, 0.2) is 35.7 Å². The average Bonchev–Trinajstić information content (AvgIpc) is 2.88. The standard InChI is InChI=1S/C15H19N3S.ClH/c1-12-9-18(8-7-16-12)10-14-11-19-15(17-14)13-5-3-2-4-6-13;/h2-6,11-12,16H,7-10H2,1H3;1H. The Labute approximate surface area is 130 Å². The molecule has 5 heteroatoms. The highest BCUT2D eigenvalue weighted by molar-refractivity contribution is 7.13. The number of nitrogens with zero attached hydrogens (tertiary/aromatic N) is 2. The Morgan fingerprint density at radius 2 is 2.15 bits per heavy atom. The van der Waals surface area contributed by atoms with Gasteiger partial charge in [0.2, 0.25) is 0 Å². The van der Waals surface area contributed by atoms with Crippen molar-refractivity contribution in [1.29, 1.82) is 0 Å². The summed E-state index contributed by atoms with van der Waals surface area (Å²) in [6, 6.07) is 11.0. The number of thiazole rings is 1. The molecule has 1 aromatic carbocycles. The van der Waals surface area contributed by atoms with Crippen molar-refractivity contribution in [2.24, 2.45) is 0 Å². The highest BCUT2D eigenvalue weighted by Gasteiger charge is 2.16. The first-order chi connectivity index (χ1) is 9.31. The summed E-state index contributed by atoms with van der Waals surface area (Å²) in [6.07, 6.45) is 0. The Morgan fingerprint density at radius 1 is 1.35 bits per heavy atom. The van der Waals surface area contributed by atoms with Gasteiger partial charge in [0.25, 0.3) is 0 Å². The molecule has 0 aliphatic carbocycles. The molecule has 0 saturated carbocycles. The monoisotopic (exact) mass is 309 g/mol. The summed E-state index contributed by atoms with van der Waals surface area (Å²) in [5.41, 5.74) is 2.41. The van der Waals surface area contributed by atoms with Crippen LogP contribution in [0.4, 0.5) is 0 Å². The minimum absolute atomic E-state index is 0. The molecule has 1 aliphatic heterocycles. The van der Waals surface area contributed by atoms with Gasteiger partial charge in [-0.3, -0.25) is 4.90 Å². The van der Waals surface area contributed by atoms with Crippen molar-refractivity contribution in [3.8, 4) is 10.6 Å². The summed E-state index contributed by atoms with van der Waals surface area (Å²) in [4.78, 5) is 7.23. The van der Waals surface area contributed by atoms with E-state index in [2.05, 4.69) is 46.8 Å². The van der Waals surface area contributed by atoms with Crippen LogP contribution in [-0.2, 0) is 6.54 Å². The van der Waals surface area contributed by atoms with Crippen molar-refractivity contribution in [2.45, 2.75) is 19.5 Å². The van der Waals surface area contributed by atoms with Gasteiger partial charge in [0.15, 0.2) is 0 Å². The number of halogens is 1. The molecule has 20 heavy (non-hydrogen) atoms. The van der Waals surface area contributed by atoms with Crippen molar-refractivity contribution in [3.05, 3.63) is 41.4 Å². The van der Waals surface area contributed by atoms with Crippen molar-refractivity contribution < 1.29 is 0 Å². The lowest BCUT2D eigenvalue weighted by Gasteiger charge is -2.31. The van der Waals surface area contributed by atoms with Gasteiger partial charge in [-0.1, -0.05) is 30.3 Å². The van der Waals surface area contributed by atoms with E-state index in [1.54, 1.807) is 11.3 Å². The van der Waals surface area contributed by atoms with Crippen molar-refractivity contribution in [3.63, 3.8) is 0 Å². The SMILES string of the molecule is CC1CN(Cc2csc(-c3ccccc3)n2)CCN1.Cl. The van der Waals surface area contributed by atoms with Gasteiger partial charge in [-0.15, -0.1) is 23.7 Å². The molecule has 0 amide bonds. The van der Waals surface area contributed by atoms with Gasteiger partial charge in [-0.25, -0.2) is 4.98 Å². The number of hydrogen-bond acceptors (Lipinski definition) is 4. The normalized spacial score (nSPS) is 19.6. The minimum Gasteiger partial charge on any atom is -0.312 e. The zero-order chi connectivity index (χ0) is 13.1. The third-order valence-electron chi connectivity index (χ3n) is 3.41. The van der Waals surface area contributed by atoms with E-state index in [1.807, 2.05) is 6.07 Å². The van der Waals surface area contributed by atoms with E-state index >= 15 is 0 Å². The molecule has 1 N–H and O–H groups in total. The van der Waals surface area contributed by atoms with Gasteiger partial charge in [0.1, 0.15) is 5.01 Å². The maximum absolute atomic E-state index is 4.76. The van der Waals surface area contributed by atoms with Crippen LogP contribution in [0.2, 0.25) is 0 Å². The van der Waals surface area contributed by atoms with Crippen molar-refractivity contribution in [1.82, 2.24) is 15.2 Å². The number of hydrogen-bond donors (Lipinski definition) is 1. The fraction of sp³-hybridized carbons (Fsp3) is 0.400. The lowest BCUT2D eigenvalue weighted by atomic mass is 10.2. The van der Waals surface area contributed by atoms with Crippen LogP contribution >= 0.6 is 23.7 Å². The van der Waals surface area contributed by atoms with E-state index in [1.165, 1.54) is 11.3 Å². The predicted octanol–water partition coefficient (Wildman–Crippen LogP) is 3.03. The van der Waals surface area contributed by atoms with Crippen LogP contribution in [-0.4, -0.2) is 35.6 Å². The second-order valence-corrected chi connectivity index (χ2v) is 5.96. The molecule has 1 atom stereocenters. The predicted molar refractivity (Wildman–Crippen MR) is 87.5 cm³/mol. The fourth-order valence-electron chi connectivity index (χ4n) is 2.48. The summed E-state index contributed by atoms with van der Waals surface area (Å²) < 4.78 is 0. The largest absolute Gasteiger partial charge is 0.312 e. The molecule has 2 heterocycles. The molecule has 1 aromatic heterocycles. The third-order valence-corrected chi connectivity index (χ3v) is 4.35. The van der Waals surface area contributed by atoms with E-state index in [0.717, 1.165) is 31.2 Å². The minimum atomic E-state index is 0. The summed E-state index contributed by atoms with van der Waals surface area (Å²) in [5, 5.41) is 6.78. The number of rotatable bonds is 3. The highest BCUT2D eigenvalue weighted by Crippen LogP contribution is 2.23. The Balaban J connectivity index is 0.00000147. The van der Waals surface area contributed by atoms with Gasteiger partial charge >= 0.3 is 0 Å². The molecular formula is C15H20ClN3S. The van der Waals surface area contributed by atoms with E-state index in [-0.39, 0.29) is 12.4 Å². The second kappa shape index (κ2) is 7.18. The molecular weight excluding hydrogens is 290 g/mol. The molecule has 1 unspecified atom stereocenters. The van der Waals surface area contributed by atoms with Crippen LogP contribution in [0.1, 0.15) is 12.6 Å². The summed E-state index contributed by atoms with van der Waals surface area (Å²) >= 11 is 1.74. The third kappa shape index (κ3) is 3.79. The molecule has 0 bridgehead atoms. The van der Waals surface area contributed by atoms with Gasteiger partial charge in [0, 0.05) is 43.2 Å². The molecule has 3 nitrogen and oxygen atoms in total. The van der Waals surface area contributed by atoms with Gasteiger partial charge in [-0.05, 0) is 6.92 Å². The fourth-order valence-corrected chi connectivity index (χ4v) is 3.29. The summed E-state index contributed by atoms with van der Waals surface area (Å²) in [7, 11) is 0. The molecule has 3 rings (SSSR count). The van der Waals surface area contributed by atoms with Crippen LogP contribution < -0.4 is 5.32 Å². The molecule has 0 radical (unpaired) electrons. The quantitative estimate of drug-likeness (QED) is 0.944. The number of piperazine rings is 1. The Hall–Kier alpha value is -0.940. The van der Waals surface area contributed by atoms with Crippen molar-refractivity contribution in [2.75, 3.05) is 19.6 Å². The zero-order valence-electron chi connectivity index (χ0n) is 11.6. The highest BCUT2D eigenvalue weighted by atomic mass is 35.5. The van der Waals surface area contributed by atoms with Crippen LogP contribution in [0, 0.1) is 0 Å². The van der Waals surface area contributed by atoms with E-state index in [9.17, 15) is 0 Å². The van der Waals surface area contributed by atoms with Crippen LogP contribution in [0.25, 0.3) is 10.6 Å². The topological polar surface area (TPSA) is 28.2 Å². The molecule has 1 aliphatic rings. The van der Waals surface area contributed by atoms with E-state index in [0.29, 0.717) is 6.04 Å². The van der Waals surface area contributed by atoms with Crippen LogP contribution in [0.3, 0.4) is 0 Å². The average molecular weight is 310 g/mol. The number of aromatic nitrogens is 1. The van der Waals surface area contributed by atoms with Crippen LogP contribution in [0.5, 0.6) is 0 Å². The molecule has 1 saturated heterocycles. The van der Waals surface area contributed by atoms with Crippen molar-refractivity contribution >= 4 is 23.7 Å². The molecule has 1 fully saturated rings. The van der Waals surface area contributed by atoms with Gasteiger partial charge < -0.3 is 5.32 Å². The first-order valence-corrected chi connectivity index (χ1v) is 7.65. The first kappa shape index (κ1) is 15.4. The lowest BCUT2D eigenvalue weighted by molar-refractivity contribution is 0.198. The second-order valence-electron chi connectivity index (χ2n) is 5.10. The summed E-state index contributed by atoms with van der Waals surface area (Å²) in [6.45, 7) is 6.51. The van der Waals surface area contributed by atoms with Gasteiger partial charge in [0.05, 0.1) is 5.69 Å². The lowest BCUT2D eigenvalue weighted by Crippen LogP contribution is -2.48. The number of benzene rings is 1. The Bertz CT molecular complexity index is 529. The molecule has 2 aromatic rings. The maximum Gasteiger partial charge on any atom is 0.123 e. The summed E-state index contributed by atoms with van der Waals surface area (Å²) in [5.74, 6) is 0. The molecule has 108 valence electrons. The molecule has 0 spiro atoms. The smallest absolute Gasteiger partial charge is 0.123 e. The zero-order valence-corrected chi connectivity index (χ0v) is 13.2.